The molecule has 23 heavy (non-hydrogen) atoms. The number of nitrogens with one attached hydrogen (secondary N) is 1. The topological polar surface area (TPSA) is 35.6 Å². The summed E-state index contributed by atoms with van der Waals surface area (Å²) in [5, 5.41) is 2.83. The van der Waals surface area contributed by atoms with Crippen molar-refractivity contribution in [3.63, 3.8) is 0 Å². The summed E-state index contributed by atoms with van der Waals surface area (Å²) in [5.41, 5.74) is 2.81. The predicted octanol–water partition coefficient (Wildman–Crippen LogP) is 1.71. The Kier molecular flexibility index (Phi) is 7.30. The first-order valence-electron chi connectivity index (χ1n) is 8.61. The van der Waals surface area contributed by atoms with Crippen molar-refractivity contribution >= 4 is 5.91 Å². The second-order valence-electron chi connectivity index (χ2n) is 6.13. The van der Waals surface area contributed by atoms with Crippen LogP contribution in [0, 0.1) is 0 Å². The van der Waals surface area contributed by atoms with E-state index in [9.17, 15) is 4.79 Å². The standard InChI is InChI=1S/C19H29N3O/c1-3-10-20-19(23)16-22-14-12-21(13-15-22)11-9-18-7-5-17(4-2)6-8-18/h3,5-8H,1,4,9-16H2,2H3,(H,20,23). The third-order valence-electron chi connectivity index (χ3n) is 4.42. The Bertz CT molecular complexity index is 490. The van der Waals surface area contributed by atoms with Crippen LogP contribution in [0.3, 0.4) is 0 Å². The molecule has 0 bridgehead atoms. The predicted molar refractivity (Wildman–Crippen MR) is 95.6 cm³/mol. The highest BCUT2D eigenvalue weighted by molar-refractivity contribution is 5.78. The maximum Gasteiger partial charge on any atom is 0.234 e. The minimum absolute atomic E-state index is 0.0920. The highest BCUT2D eigenvalue weighted by Gasteiger charge is 2.18. The minimum Gasteiger partial charge on any atom is -0.352 e. The van der Waals surface area contributed by atoms with Crippen molar-refractivity contribution in [1.29, 1.82) is 0 Å². The maximum absolute atomic E-state index is 11.7. The molecule has 0 radical (unpaired) electrons. The lowest BCUT2D eigenvalue weighted by atomic mass is 10.1. The molecule has 1 heterocycles. The smallest absolute Gasteiger partial charge is 0.234 e. The highest BCUT2D eigenvalue weighted by Crippen LogP contribution is 2.08. The zero-order valence-electron chi connectivity index (χ0n) is 14.3. The van der Waals surface area contributed by atoms with E-state index in [-0.39, 0.29) is 5.91 Å². The second kappa shape index (κ2) is 9.48. The highest BCUT2D eigenvalue weighted by atomic mass is 16.2. The number of hydrogen-bond acceptors (Lipinski definition) is 3. The van der Waals surface area contributed by atoms with Crippen molar-refractivity contribution in [1.82, 2.24) is 15.1 Å². The number of carbonyl (C=O) groups excluding carboxylic acids is 1. The summed E-state index contributed by atoms with van der Waals surface area (Å²) in [4.78, 5) is 16.4. The first kappa shape index (κ1) is 17.7. The summed E-state index contributed by atoms with van der Waals surface area (Å²) < 4.78 is 0. The average Bonchev–Trinajstić information content (AvgIpc) is 2.60. The molecular formula is C19H29N3O. The molecule has 1 aromatic carbocycles. The molecule has 0 aliphatic carbocycles. The monoisotopic (exact) mass is 315 g/mol. The summed E-state index contributed by atoms with van der Waals surface area (Å²) in [6.45, 7) is 12.0. The van der Waals surface area contributed by atoms with Crippen LogP contribution >= 0.6 is 0 Å². The van der Waals surface area contributed by atoms with Crippen LogP contribution in [0.15, 0.2) is 36.9 Å². The number of nitrogens with zero attached hydrogens (tertiary/aromatic N) is 2. The van der Waals surface area contributed by atoms with Gasteiger partial charge >= 0.3 is 0 Å². The fourth-order valence-corrected chi connectivity index (χ4v) is 2.84. The van der Waals surface area contributed by atoms with Crippen LogP contribution in [0.2, 0.25) is 0 Å². The van der Waals surface area contributed by atoms with E-state index in [2.05, 4.69) is 52.9 Å². The van der Waals surface area contributed by atoms with Crippen molar-refractivity contribution in [2.45, 2.75) is 19.8 Å². The summed E-state index contributed by atoms with van der Waals surface area (Å²) in [5.74, 6) is 0.0920. The summed E-state index contributed by atoms with van der Waals surface area (Å²) in [6.07, 6.45) is 3.91. The van der Waals surface area contributed by atoms with Crippen LogP contribution in [0.4, 0.5) is 0 Å². The molecule has 0 unspecified atom stereocenters. The van der Waals surface area contributed by atoms with Gasteiger partial charge in [0.2, 0.25) is 5.91 Å². The molecule has 126 valence electrons. The lowest BCUT2D eigenvalue weighted by Crippen LogP contribution is -2.49. The van der Waals surface area contributed by atoms with E-state index in [0.29, 0.717) is 13.1 Å². The van der Waals surface area contributed by atoms with Crippen LogP contribution < -0.4 is 5.32 Å². The van der Waals surface area contributed by atoms with Crippen molar-refractivity contribution in [3.05, 3.63) is 48.0 Å². The molecule has 1 saturated heterocycles. The number of rotatable bonds is 8. The Morgan fingerprint density at radius 1 is 1.13 bits per heavy atom. The number of hydrogen-bond donors (Lipinski definition) is 1. The summed E-state index contributed by atoms with van der Waals surface area (Å²) in [7, 11) is 0. The van der Waals surface area contributed by atoms with Gasteiger partial charge in [-0.2, -0.15) is 0 Å². The first-order chi connectivity index (χ1) is 11.2. The third-order valence-corrected chi connectivity index (χ3v) is 4.42. The zero-order chi connectivity index (χ0) is 16.5. The van der Waals surface area contributed by atoms with Crippen molar-refractivity contribution in [2.24, 2.45) is 0 Å². The van der Waals surface area contributed by atoms with Gasteiger partial charge in [-0.1, -0.05) is 37.3 Å². The van der Waals surface area contributed by atoms with Gasteiger partial charge in [-0.3, -0.25) is 9.69 Å². The van der Waals surface area contributed by atoms with Gasteiger partial charge in [-0.05, 0) is 24.0 Å². The number of aryl methyl sites for hydroxylation is 1. The molecule has 0 aromatic heterocycles. The van der Waals surface area contributed by atoms with Gasteiger partial charge in [0.1, 0.15) is 0 Å². The maximum atomic E-state index is 11.7. The van der Waals surface area contributed by atoms with Crippen molar-refractivity contribution in [3.8, 4) is 0 Å². The van der Waals surface area contributed by atoms with Gasteiger partial charge in [0.15, 0.2) is 0 Å². The van der Waals surface area contributed by atoms with E-state index in [1.807, 2.05) is 0 Å². The fourth-order valence-electron chi connectivity index (χ4n) is 2.84. The van der Waals surface area contributed by atoms with Crippen LogP contribution in [-0.2, 0) is 17.6 Å². The van der Waals surface area contributed by atoms with E-state index in [4.69, 9.17) is 0 Å². The van der Waals surface area contributed by atoms with E-state index >= 15 is 0 Å². The molecule has 1 aromatic rings. The van der Waals surface area contributed by atoms with E-state index in [1.165, 1.54) is 11.1 Å². The van der Waals surface area contributed by atoms with E-state index in [1.54, 1.807) is 6.08 Å². The van der Waals surface area contributed by atoms with Crippen LogP contribution in [0.5, 0.6) is 0 Å². The van der Waals surface area contributed by atoms with Crippen LogP contribution in [-0.4, -0.2) is 61.5 Å². The second-order valence-corrected chi connectivity index (χ2v) is 6.13. The zero-order valence-corrected chi connectivity index (χ0v) is 14.3. The van der Waals surface area contributed by atoms with Crippen LogP contribution in [0.25, 0.3) is 0 Å². The molecule has 4 heteroatoms. The molecule has 1 aliphatic heterocycles. The summed E-state index contributed by atoms with van der Waals surface area (Å²) >= 11 is 0. The Hall–Kier alpha value is -1.65. The van der Waals surface area contributed by atoms with Gasteiger partial charge in [-0.25, -0.2) is 0 Å². The number of piperazine rings is 1. The first-order valence-corrected chi connectivity index (χ1v) is 8.61. The van der Waals surface area contributed by atoms with Gasteiger partial charge in [-0.15, -0.1) is 6.58 Å². The van der Waals surface area contributed by atoms with E-state index < -0.39 is 0 Å². The molecule has 0 saturated carbocycles. The normalized spacial score (nSPS) is 16.2. The Labute approximate surface area is 140 Å². The number of benzene rings is 1. The number of amides is 1. The molecule has 4 nitrogen and oxygen atoms in total. The molecular weight excluding hydrogens is 286 g/mol. The number of carbonyl (C=O) groups is 1. The Morgan fingerprint density at radius 3 is 2.35 bits per heavy atom. The fraction of sp³-hybridized carbons (Fsp3) is 0.526. The molecule has 1 fully saturated rings. The average molecular weight is 315 g/mol. The van der Waals surface area contributed by atoms with Crippen molar-refractivity contribution < 1.29 is 4.79 Å². The van der Waals surface area contributed by atoms with Crippen molar-refractivity contribution in [2.75, 3.05) is 45.8 Å². The largest absolute Gasteiger partial charge is 0.352 e. The molecule has 1 N–H and O–H groups in total. The summed E-state index contributed by atoms with van der Waals surface area (Å²) in [6, 6.07) is 8.96. The Morgan fingerprint density at radius 2 is 1.74 bits per heavy atom. The van der Waals surface area contributed by atoms with E-state index in [0.717, 1.165) is 45.6 Å². The molecule has 0 atom stereocenters. The van der Waals surface area contributed by atoms with Gasteiger partial charge < -0.3 is 10.2 Å². The third kappa shape index (κ3) is 6.16. The quantitative estimate of drug-likeness (QED) is 0.742. The molecule has 0 spiro atoms. The van der Waals surface area contributed by atoms with Gasteiger partial charge in [0.05, 0.1) is 6.54 Å². The molecule has 1 aliphatic rings. The lowest BCUT2D eigenvalue weighted by Gasteiger charge is -2.34. The van der Waals surface area contributed by atoms with Crippen LogP contribution in [0.1, 0.15) is 18.1 Å². The van der Waals surface area contributed by atoms with Gasteiger partial charge in [0.25, 0.3) is 0 Å². The minimum atomic E-state index is 0.0920. The van der Waals surface area contributed by atoms with Gasteiger partial charge in [0, 0.05) is 39.3 Å². The lowest BCUT2D eigenvalue weighted by molar-refractivity contribution is -0.122. The molecule has 2 rings (SSSR count). The Balaban J connectivity index is 1.66. The SMILES string of the molecule is C=CCNC(=O)CN1CCN(CCc2ccc(CC)cc2)CC1. The molecule has 1 amide bonds.